The Bertz CT molecular complexity index is 1510. The topological polar surface area (TPSA) is 96.0 Å². The molecule has 3 aromatic carbocycles. The highest BCUT2D eigenvalue weighted by molar-refractivity contribution is 7.92. The summed E-state index contributed by atoms with van der Waals surface area (Å²) in [6.07, 6.45) is 5.49. The van der Waals surface area contributed by atoms with E-state index in [4.69, 9.17) is 16.3 Å². The summed E-state index contributed by atoms with van der Waals surface area (Å²) in [4.78, 5) is 29.6. The van der Waals surface area contributed by atoms with Gasteiger partial charge in [-0.15, -0.1) is 0 Å². The number of carbonyl (C=O) groups is 2. The molecule has 1 fully saturated rings. The quantitative estimate of drug-likeness (QED) is 0.230. The predicted octanol–water partition coefficient (Wildman–Crippen LogP) is 6.50. The minimum atomic E-state index is -4.20. The van der Waals surface area contributed by atoms with Crippen LogP contribution in [0.2, 0.25) is 5.02 Å². The van der Waals surface area contributed by atoms with Crippen LogP contribution in [-0.4, -0.2) is 50.4 Å². The number of hydrogen-bond acceptors (Lipinski definition) is 5. The van der Waals surface area contributed by atoms with Crippen LogP contribution in [0.5, 0.6) is 5.75 Å². The van der Waals surface area contributed by atoms with E-state index in [-0.39, 0.29) is 23.4 Å². The number of carbonyl (C=O) groups excluding carboxylic acids is 2. The maximum Gasteiger partial charge on any atom is 0.264 e. The summed E-state index contributed by atoms with van der Waals surface area (Å²) < 4.78 is 34.8. The Labute approximate surface area is 266 Å². The third kappa shape index (κ3) is 8.33. The third-order valence-corrected chi connectivity index (χ3v) is 10.1. The molecule has 236 valence electrons. The summed E-state index contributed by atoms with van der Waals surface area (Å²) in [7, 11) is -4.20. The maximum absolute atomic E-state index is 14.3. The minimum Gasteiger partial charge on any atom is -0.494 e. The lowest BCUT2D eigenvalue weighted by Gasteiger charge is -2.34. The Kier molecular flexibility index (Phi) is 11.7. The number of rotatable bonds is 13. The number of halogens is 1. The maximum atomic E-state index is 14.3. The number of ether oxygens (including phenoxy) is 1. The van der Waals surface area contributed by atoms with Gasteiger partial charge < -0.3 is 15.0 Å². The molecule has 0 spiro atoms. The van der Waals surface area contributed by atoms with Crippen molar-refractivity contribution in [2.45, 2.75) is 82.8 Å². The van der Waals surface area contributed by atoms with Crippen molar-refractivity contribution in [3.63, 3.8) is 0 Å². The van der Waals surface area contributed by atoms with Gasteiger partial charge in [0.25, 0.3) is 10.0 Å². The standard InChI is InChI=1S/C34H42ClN3O5S/c1-4-32(34(40)36-28-13-7-6-8-14-28)37(23-26-12-10-9-11-25(26)3)33(39)24-38(29-17-19-30(20-18-29)43-5-2)44(41,42)31-21-15-27(35)16-22-31/h9-12,15-22,28,32H,4-8,13-14,23-24H2,1-3H3,(H,36,40)/t32-/m0/s1. The first kappa shape index (κ1) is 33.3. The smallest absolute Gasteiger partial charge is 0.264 e. The van der Waals surface area contributed by atoms with Gasteiger partial charge >= 0.3 is 0 Å². The van der Waals surface area contributed by atoms with Gasteiger partial charge in [0.2, 0.25) is 11.8 Å². The van der Waals surface area contributed by atoms with E-state index in [2.05, 4.69) is 5.32 Å². The van der Waals surface area contributed by atoms with Gasteiger partial charge in [-0.1, -0.05) is 62.1 Å². The van der Waals surface area contributed by atoms with Gasteiger partial charge in [0, 0.05) is 17.6 Å². The van der Waals surface area contributed by atoms with Crippen LogP contribution in [0.15, 0.2) is 77.7 Å². The van der Waals surface area contributed by atoms with Crippen molar-refractivity contribution in [3.8, 4) is 5.75 Å². The minimum absolute atomic E-state index is 0.00359. The molecule has 1 atom stereocenters. The highest BCUT2D eigenvalue weighted by atomic mass is 35.5. The Morgan fingerprint density at radius 1 is 0.955 bits per heavy atom. The van der Waals surface area contributed by atoms with Crippen molar-refractivity contribution < 1.29 is 22.7 Å². The molecule has 1 N–H and O–H groups in total. The molecule has 0 radical (unpaired) electrons. The van der Waals surface area contributed by atoms with E-state index in [0.717, 1.165) is 47.5 Å². The molecule has 0 unspecified atom stereocenters. The van der Waals surface area contributed by atoms with E-state index in [1.54, 1.807) is 24.3 Å². The van der Waals surface area contributed by atoms with E-state index in [0.29, 0.717) is 29.5 Å². The van der Waals surface area contributed by atoms with Crippen molar-refractivity contribution >= 4 is 39.1 Å². The van der Waals surface area contributed by atoms with Crippen molar-refractivity contribution in [2.75, 3.05) is 17.5 Å². The summed E-state index contributed by atoms with van der Waals surface area (Å²) >= 11 is 6.05. The number of amides is 2. The zero-order valence-corrected chi connectivity index (χ0v) is 27.2. The van der Waals surface area contributed by atoms with E-state index in [9.17, 15) is 18.0 Å². The zero-order valence-electron chi connectivity index (χ0n) is 25.7. The first-order valence-corrected chi connectivity index (χ1v) is 17.1. The molecule has 0 aliphatic heterocycles. The number of sulfonamides is 1. The average molecular weight is 640 g/mol. The van der Waals surface area contributed by atoms with Crippen LogP contribution in [0, 0.1) is 6.92 Å². The van der Waals surface area contributed by atoms with Gasteiger partial charge in [-0.3, -0.25) is 13.9 Å². The molecule has 10 heteroatoms. The number of aryl methyl sites for hydroxylation is 1. The first-order valence-electron chi connectivity index (χ1n) is 15.3. The highest BCUT2D eigenvalue weighted by Crippen LogP contribution is 2.28. The fourth-order valence-electron chi connectivity index (χ4n) is 5.57. The first-order chi connectivity index (χ1) is 21.1. The predicted molar refractivity (Wildman–Crippen MR) is 174 cm³/mol. The molecule has 2 amide bonds. The summed E-state index contributed by atoms with van der Waals surface area (Å²) in [5.41, 5.74) is 2.16. The second-order valence-electron chi connectivity index (χ2n) is 11.1. The molecule has 0 bridgehead atoms. The fourth-order valence-corrected chi connectivity index (χ4v) is 7.11. The van der Waals surface area contributed by atoms with Gasteiger partial charge in [-0.05, 0) is 92.8 Å². The Balaban J connectivity index is 1.71. The summed E-state index contributed by atoms with van der Waals surface area (Å²) in [6.45, 7) is 5.82. The molecule has 0 heterocycles. The average Bonchev–Trinajstić information content (AvgIpc) is 3.02. The molecular formula is C34H42ClN3O5S. The van der Waals surface area contributed by atoms with Crippen molar-refractivity contribution in [1.29, 1.82) is 0 Å². The molecule has 44 heavy (non-hydrogen) atoms. The van der Waals surface area contributed by atoms with Gasteiger partial charge in [-0.25, -0.2) is 8.42 Å². The molecule has 0 saturated heterocycles. The molecule has 1 saturated carbocycles. The van der Waals surface area contributed by atoms with Crippen LogP contribution in [0.25, 0.3) is 0 Å². The van der Waals surface area contributed by atoms with Crippen LogP contribution in [0.3, 0.4) is 0 Å². The summed E-state index contributed by atoms with van der Waals surface area (Å²) in [6, 6.07) is 19.4. The number of nitrogens with one attached hydrogen (secondary N) is 1. The molecule has 0 aromatic heterocycles. The molecule has 1 aliphatic rings. The Hall–Kier alpha value is -3.56. The number of hydrogen-bond donors (Lipinski definition) is 1. The lowest BCUT2D eigenvalue weighted by Crippen LogP contribution is -2.54. The van der Waals surface area contributed by atoms with E-state index >= 15 is 0 Å². The summed E-state index contributed by atoms with van der Waals surface area (Å²) in [5, 5.41) is 3.57. The molecular weight excluding hydrogens is 598 g/mol. The number of anilines is 1. The highest BCUT2D eigenvalue weighted by Gasteiger charge is 2.34. The summed E-state index contributed by atoms with van der Waals surface area (Å²) in [5.74, 6) is -0.113. The third-order valence-electron chi connectivity index (χ3n) is 8.06. The monoisotopic (exact) mass is 639 g/mol. The van der Waals surface area contributed by atoms with Gasteiger partial charge in [0.15, 0.2) is 0 Å². The molecule has 1 aliphatic carbocycles. The second-order valence-corrected chi connectivity index (χ2v) is 13.4. The van der Waals surface area contributed by atoms with Gasteiger partial charge in [-0.2, -0.15) is 0 Å². The van der Waals surface area contributed by atoms with Crippen LogP contribution in [0.4, 0.5) is 5.69 Å². The Morgan fingerprint density at radius 2 is 1.61 bits per heavy atom. The van der Waals surface area contributed by atoms with Crippen LogP contribution >= 0.6 is 11.6 Å². The van der Waals surface area contributed by atoms with Gasteiger partial charge in [0.05, 0.1) is 17.2 Å². The lowest BCUT2D eigenvalue weighted by atomic mass is 9.95. The Morgan fingerprint density at radius 3 is 2.23 bits per heavy atom. The normalized spacial score (nSPS) is 14.5. The van der Waals surface area contributed by atoms with Crippen LogP contribution in [-0.2, 0) is 26.2 Å². The largest absolute Gasteiger partial charge is 0.494 e. The van der Waals surface area contributed by atoms with Gasteiger partial charge in [0.1, 0.15) is 18.3 Å². The second kappa shape index (κ2) is 15.4. The van der Waals surface area contributed by atoms with E-state index in [1.807, 2.05) is 45.0 Å². The van der Waals surface area contributed by atoms with Crippen molar-refractivity contribution in [3.05, 3.63) is 88.9 Å². The number of benzene rings is 3. The van der Waals surface area contributed by atoms with Crippen molar-refractivity contribution in [2.24, 2.45) is 0 Å². The van der Waals surface area contributed by atoms with Crippen molar-refractivity contribution in [1.82, 2.24) is 10.2 Å². The molecule has 3 aromatic rings. The van der Waals surface area contributed by atoms with Crippen LogP contribution < -0.4 is 14.4 Å². The zero-order chi connectivity index (χ0) is 31.7. The molecule has 4 rings (SSSR count). The number of nitrogens with zero attached hydrogens (tertiary/aromatic N) is 2. The fraction of sp³-hybridized carbons (Fsp3) is 0.412. The SMILES string of the molecule is CCOc1ccc(N(CC(=O)N(Cc2ccccc2C)[C@@H](CC)C(=O)NC2CCCCC2)S(=O)(=O)c2ccc(Cl)cc2)cc1. The lowest BCUT2D eigenvalue weighted by molar-refractivity contribution is -0.140. The van der Waals surface area contributed by atoms with E-state index < -0.39 is 28.5 Å². The van der Waals surface area contributed by atoms with E-state index in [1.165, 1.54) is 29.2 Å². The molecule has 8 nitrogen and oxygen atoms in total. The van der Waals surface area contributed by atoms with Crippen LogP contribution in [0.1, 0.15) is 63.5 Å².